The fraction of sp³-hybridized carbons (Fsp3) is 0.533. The van der Waals surface area contributed by atoms with E-state index >= 15 is 0 Å². The number of carboxylic acid groups (broad SMARTS) is 1. The zero-order chi connectivity index (χ0) is 15.3. The molecule has 1 aromatic rings. The molecule has 5 heteroatoms. The highest BCUT2D eigenvalue weighted by molar-refractivity contribution is 5.65. The lowest BCUT2D eigenvalue weighted by Gasteiger charge is -2.29. The van der Waals surface area contributed by atoms with E-state index in [0.717, 1.165) is 0 Å². The highest BCUT2D eigenvalue weighted by Gasteiger charge is 2.27. The molecule has 0 spiro atoms. The smallest absolute Gasteiger partial charge is 0.404 e. The van der Waals surface area contributed by atoms with E-state index in [0.29, 0.717) is 17.7 Å². The number of hydrogen-bond donors (Lipinski definition) is 3. The number of amides is 1. The van der Waals surface area contributed by atoms with Crippen molar-refractivity contribution < 1.29 is 19.7 Å². The Morgan fingerprint density at radius 3 is 2.25 bits per heavy atom. The van der Waals surface area contributed by atoms with E-state index in [4.69, 9.17) is 9.84 Å². The van der Waals surface area contributed by atoms with Crippen molar-refractivity contribution in [2.75, 3.05) is 7.11 Å². The van der Waals surface area contributed by atoms with Gasteiger partial charge < -0.3 is 20.3 Å². The van der Waals surface area contributed by atoms with Gasteiger partial charge in [-0.2, -0.15) is 0 Å². The lowest BCUT2D eigenvalue weighted by molar-refractivity contribution is 0.0991. The first-order chi connectivity index (χ1) is 9.23. The zero-order valence-corrected chi connectivity index (χ0v) is 12.4. The predicted octanol–water partition coefficient (Wildman–Crippen LogP) is 2.80. The maximum absolute atomic E-state index is 10.9. The molecule has 1 aromatic carbocycles. The van der Waals surface area contributed by atoms with Gasteiger partial charge in [0.15, 0.2) is 0 Å². The molecule has 0 radical (unpaired) electrons. The third kappa shape index (κ3) is 5.09. The number of carbonyl (C=O) groups is 1. The first-order valence-corrected chi connectivity index (χ1v) is 6.54. The molecule has 0 aliphatic carbocycles. The molecule has 0 fully saturated rings. The van der Waals surface area contributed by atoms with Crippen LogP contribution in [-0.4, -0.2) is 29.5 Å². The van der Waals surface area contributed by atoms with Gasteiger partial charge in [-0.05, 0) is 29.5 Å². The number of methoxy groups -OCH3 is 1. The van der Waals surface area contributed by atoms with Crippen LogP contribution in [0.2, 0.25) is 0 Å². The maximum Gasteiger partial charge on any atom is 0.404 e. The van der Waals surface area contributed by atoms with E-state index in [-0.39, 0.29) is 5.41 Å². The second kappa shape index (κ2) is 6.61. The van der Waals surface area contributed by atoms with Crippen LogP contribution in [0.5, 0.6) is 5.75 Å². The monoisotopic (exact) mass is 281 g/mol. The molecule has 0 saturated heterocycles. The van der Waals surface area contributed by atoms with Crippen molar-refractivity contribution in [3.05, 3.63) is 29.8 Å². The summed E-state index contributed by atoms with van der Waals surface area (Å²) in [5.41, 5.74) is 0.564. The molecule has 20 heavy (non-hydrogen) atoms. The van der Waals surface area contributed by atoms with Gasteiger partial charge in [0, 0.05) is 0 Å². The van der Waals surface area contributed by atoms with Crippen LogP contribution in [0.25, 0.3) is 0 Å². The van der Waals surface area contributed by atoms with Crippen LogP contribution in [0, 0.1) is 5.41 Å². The van der Waals surface area contributed by atoms with Gasteiger partial charge >= 0.3 is 6.09 Å². The van der Waals surface area contributed by atoms with Gasteiger partial charge in [-0.15, -0.1) is 0 Å². The minimum absolute atomic E-state index is 0.0967. The molecule has 1 amide bonds. The molecule has 0 aromatic heterocycles. The quantitative estimate of drug-likeness (QED) is 0.775. The summed E-state index contributed by atoms with van der Waals surface area (Å²) >= 11 is 0. The van der Waals surface area contributed by atoms with Crippen molar-refractivity contribution in [1.29, 1.82) is 0 Å². The van der Waals surface area contributed by atoms with Gasteiger partial charge in [0.1, 0.15) is 5.75 Å². The number of hydrogen-bond acceptors (Lipinski definition) is 3. The summed E-state index contributed by atoms with van der Waals surface area (Å²) in [7, 11) is 1.57. The van der Waals surface area contributed by atoms with Crippen LogP contribution in [-0.2, 0) is 0 Å². The predicted molar refractivity (Wildman–Crippen MR) is 77.0 cm³/mol. The van der Waals surface area contributed by atoms with Crippen LogP contribution in [0.1, 0.15) is 38.9 Å². The van der Waals surface area contributed by atoms with Gasteiger partial charge in [-0.3, -0.25) is 0 Å². The third-order valence-electron chi connectivity index (χ3n) is 2.98. The Labute approximate surface area is 119 Å². The van der Waals surface area contributed by atoms with Gasteiger partial charge in [0.05, 0.1) is 19.3 Å². The van der Waals surface area contributed by atoms with Crippen molar-refractivity contribution >= 4 is 6.09 Å². The Bertz CT molecular complexity index is 436. The highest BCUT2D eigenvalue weighted by atomic mass is 16.5. The lowest BCUT2D eigenvalue weighted by Crippen LogP contribution is -2.41. The summed E-state index contributed by atoms with van der Waals surface area (Å²) < 4.78 is 5.06. The Kier molecular flexibility index (Phi) is 5.39. The molecule has 5 nitrogen and oxygen atoms in total. The summed E-state index contributed by atoms with van der Waals surface area (Å²) in [6, 6.07) is 6.41. The Hall–Kier alpha value is -1.75. The molecule has 112 valence electrons. The molecule has 0 aliphatic heterocycles. The molecular formula is C15H23NO4. The van der Waals surface area contributed by atoms with Crippen LogP contribution >= 0.6 is 0 Å². The summed E-state index contributed by atoms with van der Waals surface area (Å²) in [4.78, 5) is 10.9. The summed E-state index contributed by atoms with van der Waals surface area (Å²) in [6.07, 6.45) is -1.49. The van der Waals surface area contributed by atoms with Gasteiger partial charge in [0.2, 0.25) is 0 Å². The summed E-state index contributed by atoms with van der Waals surface area (Å²) in [5, 5.41) is 21.7. The topological polar surface area (TPSA) is 78.8 Å². The largest absolute Gasteiger partial charge is 0.497 e. The molecule has 0 aliphatic rings. The Morgan fingerprint density at radius 2 is 1.85 bits per heavy atom. The maximum atomic E-state index is 10.9. The fourth-order valence-electron chi connectivity index (χ4n) is 2.09. The van der Waals surface area contributed by atoms with E-state index in [1.165, 1.54) is 0 Å². The van der Waals surface area contributed by atoms with Crippen LogP contribution in [0.3, 0.4) is 0 Å². The van der Waals surface area contributed by atoms with Gasteiger partial charge in [-0.1, -0.05) is 32.9 Å². The highest BCUT2D eigenvalue weighted by Crippen LogP contribution is 2.28. The van der Waals surface area contributed by atoms with E-state index in [1.54, 1.807) is 31.4 Å². The van der Waals surface area contributed by atoms with Crippen LogP contribution in [0.15, 0.2) is 24.3 Å². The third-order valence-corrected chi connectivity index (χ3v) is 2.98. The Morgan fingerprint density at radius 1 is 1.30 bits per heavy atom. The van der Waals surface area contributed by atoms with E-state index in [9.17, 15) is 9.90 Å². The zero-order valence-electron chi connectivity index (χ0n) is 12.4. The summed E-state index contributed by atoms with van der Waals surface area (Å²) in [5.74, 6) is 0.694. The number of benzene rings is 1. The standard InChI is InChI=1S/C15H23NO4/c1-15(2,3)9-12(16-14(18)19)13(17)10-5-7-11(20-4)8-6-10/h5-8,12-13,16-17H,9H2,1-4H3,(H,18,19)/t12-,13-/m0/s1. The van der Waals surface area contributed by atoms with Crippen molar-refractivity contribution in [2.45, 2.75) is 39.3 Å². The van der Waals surface area contributed by atoms with Crippen LogP contribution in [0.4, 0.5) is 4.79 Å². The van der Waals surface area contributed by atoms with E-state index in [2.05, 4.69) is 5.32 Å². The first-order valence-electron chi connectivity index (χ1n) is 6.54. The van der Waals surface area contributed by atoms with Crippen LogP contribution < -0.4 is 10.1 Å². The number of rotatable bonds is 5. The molecule has 0 bridgehead atoms. The SMILES string of the molecule is COc1ccc([C@H](O)[C@H](CC(C)(C)C)NC(=O)O)cc1. The lowest BCUT2D eigenvalue weighted by atomic mass is 9.84. The summed E-state index contributed by atoms with van der Waals surface area (Å²) in [6.45, 7) is 6.01. The Balaban J connectivity index is 2.90. The van der Waals surface area contributed by atoms with Crippen molar-refractivity contribution in [3.63, 3.8) is 0 Å². The minimum Gasteiger partial charge on any atom is -0.497 e. The minimum atomic E-state index is -1.13. The molecule has 0 heterocycles. The number of aliphatic hydroxyl groups excluding tert-OH is 1. The average Bonchev–Trinajstić information content (AvgIpc) is 2.35. The van der Waals surface area contributed by atoms with Crippen molar-refractivity contribution in [2.24, 2.45) is 5.41 Å². The van der Waals surface area contributed by atoms with Crippen molar-refractivity contribution in [1.82, 2.24) is 5.32 Å². The molecular weight excluding hydrogens is 258 g/mol. The molecule has 0 saturated carbocycles. The molecule has 0 unspecified atom stereocenters. The number of aliphatic hydroxyl groups is 1. The normalized spacial score (nSPS) is 14.4. The fourth-order valence-corrected chi connectivity index (χ4v) is 2.09. The van der Waals surface area contributed by atoms with Gasteiger partial charge in [-0.25, -0.2) is 4.79 Å². The number of ether oxygens (including phenoxy) is 1. The average molecular weight is 281 g/mol. The number of nitrogens with one attached hydrogen (secondary N) is 1. The molecule has 2 atom stereocenters. The van der Waals surface area contributed by atoms with E-state index < -0.39 is 18.2 Å². The van der Waals surface area contributed by atoms with E-state index in [1.807, 2.05) is 20.8 Å². The molecule has 3 N–H and O–H groups in total. The second-order valence-corrected chi connectivity index (χ2v) is 6.04. The van der Waals surface area contributed by atoms with Crippen molar-refractivity contribution in [3.8, 4) is 5.75 Å². The first kappa shape index (κ1) is 16.3. The van der Waals surface area contributed by atoms with Gasteiger partial charge in [0.25, 0.3) is 0 Å². The second-order valence-electron chi connectivity index (χ2n) is 6.04. The molecule has 1 rings (SSSR count).